The van der Waals surface area contributed by atoms with Crippen LogP contribution in [0.3, 0.4) is 0 Å². The van der Waals surface area contributed by atoms with Gasteiger partial charge in [0.25, 0.3) is 5.91 Å². The molecule has 1 aromatic carbocycles. The number of hydrogen-bond acceptors (Lipinski definition) is 5. The van der Waals surface area contributed by atoms with Crippen molar-refractivity contribution in [2.24, 2.45) is 5.84 Å². The molecule has 1 aromatic heterocycles. The van der Waals surface area contributed by atoms with Gasteiger partial charge in [0.1, 0.15) is 5.82 Å². The molecule has 0 aliphatic carbocycles. The molecule has 0 saturated carbocycles. The number of nitrogen functional groups attached to an aromatic ring is 1. The second-order valence-electron chi connectivity index (χ2n) is 3.48. The predicted octanol–water partition coefficient (Wildman–Crippen LogP) is 2.83. The maximum atomic E-state index is 13.0. The molecule has 0 atom stereocenters. The van der Waals surface area contributed by atoms with Crippen molar-refractivity contribution in [3.63, 3.8) is 0 Å². The third-order valence-electron chi connectivity index (χ3n) is 2.15. The zero-order valence-corrected chi connectivity index (χ0v) is 11.9. The van der Waals surface area contributed by atoms with Gasteiger partial charge in [-0.2, -0.15) is 0 Å². The summed E-state index contributed by atoms with van der Waals surface area (Å²) in [5.41, 5.74) is 2.78. The van der Waals surface area contributed by atoms with E-state index in [9.17, 15) is 9.18 Å². The van der Waals surface area contributed by atoms with Crippen molar-refractivity contribution in [3.8, 4) is 0 Å². The van der Waals surface area contributed by atoms with Crippen molar-refractivity contribution in [2.45, 2.75) is 10.6 Å². The number of amides is 1. The number of nitrogens with zero attached hydrogens (tertiary/aromatic N) is 1. The Morgan fingerprint density at radius 3 is 3.05 bits per heavy atom. The van der Waals surface area contributed by atoms with Crippen LogP contribution in [0.2, 0.25) is 5.02 Å². The zero-order valence-electron chi connectivity index (χ0n) is 9.52. The van der Waals surface area contributed by atoms with Crippen LogP contribution in [0.5, 0.6) is 0 Å². The number of nitrogens with one attached hydrogen (secondary N) is 1. The maximum Gasteiger partial charge on any atom is 0.294 e. The predicted molar refractivity (Wildman–Crippen MR) is 74.7 cm³/mol. The summed E-state index contributed by atoms with van der Waals surface area (Å²) in [6, 6.07) is 4.52. The molecule has 8 heteroatoms. The molecule has 2 aromatic rings. The van der Waals surface area contributed by atoms with Crippen LogP contribution in [0.4, 0.5) is 4.39 Å². The standard InChI is InChI=1S/C11H9ClFN3OS2/c12-8-3-7(1-2-9(8)13)18-4-6-5-19-11(15-6)10(17)16-14/h1-3,5H,4,14H2,(H,16,17). The number of thioether (sulfide) groups is 1. The molecule has 4 nitrogen and oxygen atoms in total. The van der Waals surface area contributed by atoms with Crippen LogP contribution in [0.15, 0.2) is 28.5 Å². The quantitative estimate of drug-likeness (QED) is 0.394. The summed E-state index contributed by atoms with van der Waals surface area (Å²) >= 11 is 8.37. The Balaban J connectivity index is 2.00. The van der Waals surface area contributed by atoms with Crippen molar-refractivity contribution in [1.29, 1.82) is 0 Å². The van der Waals surface area contributed by atoms with Crippen molar-refractivity contribution in [1.82, 2.24) is 10.4 Å². The molecule has 0 bridgehead atoms. The highest BCUT2D eigenvalue weighted by Crippen LogP contribution is 2.27. The third kappa shape index (κ3) is 3.66. The summed E-state index contributed by atoms with van der Waals surface area (Å²) in [6.07, 6.45) is 0. The monoisotopic (exact) mass is 317 g/mol. The maximum absolute atomic E-state index is 13.0. The molecule has 0 saturated heterocycles. The number of carbonyl (C=O) groups excluding carboxylic acids is 1. The number of rotatable bonds is 4. The molecule has 2 rings (SSSR count). The second kappa shape index (κ2) is 6.33. The smallest absolute Gasteiger partial charge is 0.288 e. The lowest BCUT2D eigenvalue weighted by Crippen LogP contribution is -2.29. The second-order valence-corrected chi connectivity index (χ2v) is 5.80. The minimum atomic E-state index is -0.443. The first kappa shape index (κ1) is 14.3. The molecule has 0 radical (unpaired) electrons. The van der Waals surface area contributed by atoms with Gasteiger partial charge in [-0.05, 0) is 18.2 Å². The Morgan fingerprint density at radius 2 is 2.37 bits per heavy atom. The van der Waals surface area contributed by atoms with Gasteiger partial charge in [0.2, 0.25) is 0 Å². The van der Waals surface area contributed by atoms with Crippen molar-refractivity contribution in [3.05, 3.63) is 45.1 Å². The average molecular weight is 318 g/mol. The number of thiazole rings is 1. The minimum absolute atomic E-state index is 0.0893. The Morgan fingerprint density at radius 1 is 1.58 bits per heavy atom. The Kier molecular flexibility index (Phi) is 4.76. The van der Waals surface area contributed by atoms with Crippen LogP contribution in [-0.4, -0.2) is 10.9 Å². The van der Waals surface area contributed by atoms with Crippen LogP contribution < -0.4 is 11.3 Å². The first-order valence-corrected chi connectivity index (χ1v) is 7.37. The minimum Gasteiger partial charge on any atom is -0.288 e. The fourth-order valence-corrected chi connectivity index (χ4v) is 3.16. The number of hydrazine groups is 1. The van der Waals surface area contributed by atoms with Crippen LogP contribution in [-0.2, 0) is 5.75 Å². The fraction of sp³-hybridized carbons (Fsp3) is 0.0909. The highest BCUT2D eigenvalue weighted by atomic mass is 35.5. The zero-order chi connectivity index (χ0) is 13.8. The fourth-order valence-electron chi connectivity index (χ4n) is 1.26. The molecule has 0 aliphatic heterocycles. The van der Waals surface area contributed by atoms with Crippen LogP contribution in [0.25, 0.3) is 0 Å². The van der Waals surface area contributed by atoms with Crippen LogP contribution in [0, 0.1) is 5.82 Å². The number of aromatic nitrogens is 1. The molecule has 0 spiro atoms. The third-order valence-corrected chi connectivity index (χ3v) is 4.36. The molecule has 0 fully saturated rings. The van der Waals surface area contributed by atoms with Crippen molar-refractivity contribution in [2.75, 3.05) is 0 Å². The van der Waals surface area contributed by atoms with Gasteiger partial charge in [0.05, 0.1) is 10.7 Å². The SMILES string of the molecule is NNC(=O)c1nc(CSc2ccc(F)c(Cl)c2)cs1. The molecule has 1 amide bonds. The molecular weight excluding hydrogens is 309 g/mol. The highest BCUT2D eigenvalue weighted by molar-refractivity contribution is 7.98. The normalized spacial score (nSPS) is 10.5. The lowest BCUT2D eigenvalue weighted by molar-refractivity contribution is 0.0953. The van der Waals surface area contributed by atoms with Gasteiger partial charge in [-0.1, -0.05) is 11.6 Å². The van der Waals surface area contributed by atoms with E-state index in [0.29, 0.717) is 10.8 Å². The molecule has 100 valence electrons. The summed E-state index contributed by atoms with van der Waals surface area (Å²) in [5.74, 6) is 4.73. The molecule has 3 N–H and O–H groups in total. The number of halogens is 2. The first-order valence-electron chi connectivity index (χ1n) is 5.13. The van der Waals surface area contributed by atoms with E-state index in [1.165, 1.54) is 29.2 Å². The number of hydrogen-bond donors (Lipinski definition) is 2. The van der Waals surface area contributed by atoms with Crippen molar-refractivity contribution >= 4 is 40.6 Å². The summed E-state index contributed by atoms with van der Waals surface area (Å²) in [7, 11) is 0. The van der Waals surface area contributed by atoms with Crippen LogP contribution in [0.1, 0.15) is 15.5 Å². The molecule has 0 unspecified atom stereocenters. The van der Waals surface area contributed by atoms with Gasteiger partial charge in [0.15, 0.2) is 5.01 Å². The summed E-state index contributed by atoms with van der Waals surface area (Å²) < 4.78 is 13.0. The van der Waals surface area contributed by atoms with Gasteiger partial charge in [0, 0.05) is 16.0 Å². The number of carbonyl (C=O) groups is 1. The largest absolute Gasteiger partial charge is 0.294 e. The summed E-state index contributed by atoms with van der Waals surface area (Å²) in [6.45, 7) is 0. The lowest BCUT2D eigenvalue weighted by atomic mass is 10.3. The topological polar surface area (TPSA) is 68.0 Å². The highest BCUT2D eigenvalue weighted by Gasteiger charge is 2.10. The van der Waals surface area contributed by atoms with E-state index >= 15 is 0 Å². The Labute approximate surface area is 122 Å². The van der Waals surface area contributed by atoms with E-state index in [-0.39, 0.29) is 5.02 Å². The summed E-state index contributed by atoms with van der Waals surface area (Å²) in [4.78, 5) is 16.2. The lowest BCUT2D eigenvalue weighted by Gasteiger charge is -2.01. The Bertz CT molecular complexity index is 605. The van der Waals surface area contributed by atoms with Gasteiger partial charge in [-0.3, -0.25) is 10.2 Å². The molecule has 19 heavy (non-hydrogen) atoms. The van der Waals surface area contributed by atoms with Gasteiger partial charge in [-0.25, -0.2) is 15.2 Å². The number of nitrogens with two attached hydrogens (primary N) is 1. The summed E-state index contributed by atoms with van der Waals surface area (Å²) in [5, 5.41) is 2.18. The molecular formula is C11H9ClFN3OS2. The van der Waals surface area contributed by atoms with E-state index < -0.39 is 11.7 Å². The van der Waals surface area contributed by atoms with Crippen LogP contribution >= 0.6 is 34.7 Å². The van der Waals surface area contributed by atoms with E-state index in [4.69, 9.17) is 17.4 Å². The Hall–Kier alpha value is -1.15. The van der Waals surface area contributed by atoms with Gasteiger partial charge < -0.3 is 0 Å². The average Bonchev–Trinajstić information content (AvgIpc) is 2.88. The molecule has 0 aliphatic rings. The molecule has 1 heterocycles. The number of benzene rings is 1. The van der Waals surface area contributed by atoms with E-state index in [1.807, 2.05) is 5.43 Å². The van der Waals surface area contributed by atoms with E-state index in [1.54, 1.807) is 17.5 Å². The van der Waals surface area contributed by atoms with Gasteiger partial charge >= 0.3 is 0 Å². The van der Waals surface area contributed by atoms with E-state index in [2.05, 4.69) is 4.98 Å². The van der Waals surface area contributed by atoms with Crippen molar-refractivity contribution < 1.29 is 9.18 Å². The first-order chi connectivity index (χ1) is 9.10. The van der Waals surface area contributed by atoms with Gasteiger partial charge in [-0.15, -0.1) is 23.1 Å². The van der Waals surface area contributed by atoms with E-state index in [0.717, 1.165) is 10.6 Å².